The van der Waals surface area contributed by atoms with Crippen LogP contribution in [-0.2, 0) is 9.47 Å². The molecule has 2 aromatic heterocycles. The Balaban J connectivity index is 1.25. The van der Waals surface area contributed by atoms with Gasteiger partial charge < -0.3 is 19.2 Å². The molecule has 13 heteroatoms. The van der Waals surface area contributed by atoms with Crippen LogP contribution >= 0.6 is 0 Å². The summed E-state index contributed by atoms with van der Waals surface area (Å²) < 4.78 is 55.3. The number of fused-ring (bicyclic) bond motifs is 1. The van der Waals surface area contributed by atoms with E-state index in [1.54, 1.807) is 6.20 Å². The number of nitrogens with zero attached hydrogens (tertiary/aromatic N) is 4. The van der Waals surface area contributed by atoms with Crippen LogP contribution in [0.5, 0.6) is 6.08 Å². The fourth-order valence-corrected chi connectivity index (χ4v) is 3.27. The first-order valence-corrected chi connectivity index (χ1v) is 10.1. The summed E-state index contributed by atoms with van der Waals surface area (Å²) in [5, 5.41) is 11.1. The first-order valence-electron chi connectivity index (χ1n) is 10.1. The van der Waals surface area contributed by atoms with Crippen molar-refractivity contribution in [1.82, 2.24) is 25.5 Å². The minimum Gasteiger partial charge on any atom is -0.447 e. The SMILES string of the molecule is Cc1ccc2nc(C(=O)N[C@@H]3CC[C@@H](c4nnc(OCCOC(F)(F)F)o4)OC3)ncc2c1. The van der Waals surface area contributed by atoms with Crippen molar-refractivity contribution in [3.8, 4) is 6.08 Å². The number of alkyl halides is 3. The van der Waals surface area contributed by atoms with Gasteiger partial charge in [-0.05, 0) is 31.9 Å². The van der Waals surface area contributed by atoms with Crippen molar-refractivity contribution < 1.29 is 36.6 Å². The van der Waals surface area contributed by atoms with Crippen molar-refractivity contribution in [1.29, 1.82) is 0 Å². The number of ether oxygens (including phenoxy) is 3. The van der Waals surface area contributed by atoms with E-state index >= 15 is 0 Å². The van der Waals surface area contributed by atoms with Gasteiger partial charge >= 0.3 is 12.4 Å². The number of amides is 1. The normalized spacial score (nSPS) is 18.9. The van der Waals surface area contributed by atoms with Gasteiger partial charge in [-0.15, -0.1) is 18.3 Å². The Bertz CT molecular complexity index is 1110. The van der Waals surface area contributed by atoms with Gasteiger partial charge in [0.1, 0.15) is 12.7 Å². The molecule has 10 nitrogen and oxygen atoms in total. The Labute approximate surface area is 185 Å². The number of nitrogens with one attached hydrogen (secondary N) is 1. The molecule has 0 bridgehead atoms. The van der Waals surface area contributed by atoms with E-state index in [1.165, 1.54) is 0 Å². The van der Waals surface area contributed by atoms with Crippen molar-refractivity contribution in [2.45, 2.75) is 38.3 Å². The van der Waals surface area contributed by atoms with E-state index in [0.29, 0.717) is 18.4 Å². The maximum atomic E-state index is 12.5. The van der Waals surface area contributed by atoms with E-state index in [0.717, 1.165) is 10.9 Å². The lowest BCUT2D eigenvalue weighted by Gasteiger charge is -2.27. The van der Waals surface area contributed by atoms with Crippen LogP contribution in [0.25, 0.3) is 10.9 Å². The van der Waals surface area contributed by atoms with Gasteiger partial charge in [0.05, 0.1) is 24.8 Å². The summed E-state index contributed by atoms with van der Waals surface area (Å²) in [6.07, 6.45) is -2.87. The molecule has 0 saturated carbocycles. The second-order valence-electron chi connectivity index (χ2n) is 7.37. The number of aromatic nitrogens is 4. The Morgan fingerprint density at radius 1 is 1.24 bits per heavy atom. The highest BCUT2D eigenvalue weighted by Gasteiger charge is 2.30. The zero-order chi connectivity index (χ0) is 23.4. The fraction of sp³-hybridized carbons (Fsp3) is 0.450. The number of carbonyl (C=O) groups excluding carboxylic acids is 1. The Hall–Kier alpha value is -3.32. The Morgan fingerprint density at radius 2 is 2.09 bits per heavy atom. The molecule has 176 valence electrons. The minimum atomic E-state index is -4.73. The standard InChI is InChI=1S/C20H20F3N5O5/c1-11-2-4-14-12(8-11)9-24-16(26-14)17(29)25-13-3-5-15(31-10-13)18-27-28-19(33-18)30-6-7-32-20(21,22)23/h2,4,8-9,13,15H,3,5-7,10H2,1H3,(H,25,29)/t13-,15+/m1/s1. The van der Waals surface area contributed by atoms with E-state index in [2.05, 4.69) is 30.2 Å². The summed E-state index contributed by atoms with van der Waals surface area (Å²) in [6.45, 7) is 1.05. The van der Waals surface area contributed by atoms with Crippen molar-refractivity contribution in [3.63, 3.8) is 0 Å². The molecule has 3 heterocycles. The van der Waals surface area contributed by atoms with Gasteiger partial charge in [-0.2, -0.15) is 0 Å². The van der Waals surface area contributed by atoms with Crippen LogP contribution < -0.4 is 10.1 Å². The third-order valence-electron chi connectivity index (χ3n) is 4.82. The molecule has 1 aliphatic rings. The highest BCUT2D eigenvalue weighted by Crippen LogP contribution is 2.28. The van der Waals surface area contributed by atoms with Crippen LogP contribution in [-0.4, -0.2) is 58.3 Å². The van der Waals surface area contributed by atoms with E-state index in [4.69, 9.17) is 13.9 Å². The molecule has 0 unspecified atom stereocenters. The van der Waals surface area contributed by atoms with Crippen LogP contribution in [0, 0.1) is 6.92 Å². The van der Waals surface area contributed by atoms with Gasteiger partial charge in [-0.25, -0.2) is 9.97 Å². The molecule has 1 aliphatic heterocycles. The smallest absolute Gasteiger partial charge is 0.447 e. The first kappa shape index (κ1) is 22.9. The number of aryl methyl sites for hydroxylation is 1. The quantitative estimate of drug-likeness (QED) is 0.523. The number of benzene rings is 1. The van der Waals surface area contributed by atoms with Crippen LogP contribution in [0.4, 0.5) is 13.2 Å². The van der Waals surface area contributed by atoms with Crippen molar-refractivity contribution in [2.75, 3.05) is 19.8 Å². The largest absolute Gasteiger partial charge is 0.522 e. The molecule has 33 heavy (non-hydrogen) atoms. The molecule has 1 fully saturated rings. The molecule has 1 amide bonds. The zero-order valence-electron chi connectivity index (χ0n) is 17.5. The van der Waals surface area contributed by atoms with Gasteiger partial charge in [0.2, 0.25) is 11.7 Å². The molecular weight excluding hydrogens is 447 g/mol. The van der Waals surface area contributed by atoms with Crippen molar-refractivity contribution in [3.05, 3.63) is 41.7 Å². The average molecular weight is 467 g/mol. The van der Waals surface area contributed by atoms with Crippen molar-refractivity contribution in [2.24, 2.45) is 0 Å². The third kappa shape index (κ3) is 6.14. The molecule has 3 aromatic rings. The molecule has 0 aliphatic carbocycles. The number of carbonyl (C=O) groups is 1. The number of rotatable bonds is 7. The van der Waals surface area contributed by atoms with E-state index in [9.17, 15) is 18.0 Å². The van der Waals surface area contributed by atoms with Crippen LogP contribution in [0.1, 0.15) is 41.0 Å². The second-order valence-corrected chi connectivity index (χ2v) is 7.37. The summed E-state index contributed by atoms with van der Waals surface area (Å²) in [5.74, 6) is -0.194. The lowest BCUT2D eigenvalue weighted by molar-refractivity contribution is -0.325. The highest BCUT2D eigenvalue weighted by molar-refractivity contribution is 5.92. The minimum absolute atomic E-state index is 0.0710. The predicted molar refractivity (Wildman–Crippen MR) is 105 cm³/mol. The monoisotopic (exact) mass is 467 g/mol. The molecular formula is C20H20F3N5O5. The van der Waals surface area contributed by atoms with E-state index in [-0.39, 0.29) is 30.4 Å². The van der Waals surface area contributed by atoms with E-state index < -0.39 is 31.6 Å². The topological polar surface area (TPSA) is 121 Å². The van der Waals surface area contributed by atoms with Crippen LogP contribution in [0.3, 0.4) is 0 Å². The maximum Gasteiger partial charge on any atom is 0.522 e. The highest BCUT2D eigenvalue weighted by atomic mass is 19.4. The third-order valence-corrected chi connectivity index (χ3v) is 4.82. The van der Waals surface area contributed by atoms with Crippen molar-refractivity contribution >= 4 is 16.8 Å². The Kier molecular flexibility index (Phi) is 6.70. The molecule has 1 N–H and O–H groups in total. The number of halogens is 3. The van der Waals surface area contributed by atoms with Gasteiger partial charge in [0.25, 0.3) is 5.91 Å². The first-order chi connectivity index (χ1) is 15.8. The Morgan fingerprint density at radius 3 is 2.85 bits per heavy atom. The summed E-state index contributed by atoms with van der Waals surface area (Å²) in [6, 6.07) is 5.43. The molecule has 0 radical (unpaired) electrons. The molecule has 4 rings (SSSR count). The summed E-state index contributed by atoms with van der Waals surface area (Å²) in [7, 11) is 0. The number of hydrogen-bond acceptors (Lipinski definition) is 9. The molecule has 1 aromatic carbocycles. The lowest BCUT2D eigenvalue weighted by Crippen LogP contribution is -2.41. The molecule has 2 atom stereocenters. The molecule has 1 saturated heterocycles. The maximum absolute atomic E-state index is 12.5. The van der Waals surface area contributed by atoms with Gasteiger partial charge in [-0.3, -0.25) is 9.53 Å². The summed E-state index contributed by atoms with van der Waals surface area (Å²) in [5.41, 5.74) is 1.76. The molecule has 0 spiro atoms. The van der Waals surface area contributed by atoms with Gasteiger partial charge in [0.15, 0.2) is 0 Å². The predicted octanol–water partition coefficient (Wildman–Crippen LogP) is 2.89. The van der Waals surface area contributed by atoms with Crippen LogP contribution in [0.2, 0.25) is 0 Å². The summed E-state index contributed by atoms with van der Waals surface area (Å²) >= 11 is 0. The zero-order valence-corrected chi connectivity index (χ0v) is 17.5. The van der Waals surface area contributed by atoms with E-state index in [1.807, 2.05) is 25.1 Å². The second kappa shape index (κ2) is 9.67. The average Bonchev–Trinajstić information content (AvgIpc) is 3.25. The van der Waals surface area contributed by atoms with Gasteiger partial charge in [0, 0.05) is 11.6 Å². The fourth-order valence-electron chi connectivity index (χ4n) is 3.27. The van der Waals surface area contributed by atoms with Gasteiger partial charge in [-0.1, -0.05) is 16.7 Å². The number of hydrogen-bond donors (Lipinski definition) is 1. The lowest BCUT2D eigenvalue weighted by atomic mass is 10.0. The summed E-state index contributed by atoms with van der Waals surface area (Å²) in [4.78, 5) is 21.0. The van der Waals surface area contributed by atoms with Crippen LogP contribution in [0.15, 0.2) is 28.8 Å².